The molecule has 2 aromatic carbocycles. The number of unbranched alkanes of at least 4 members (excludes halogenated alkanes) is 1. The van der Waals surface area contributed by atoms with Crippen LogP contribution in [0.15, 0.2) is 54.6 Å². The zero-order chi connectivity index (χ0) is 15.1. The van der Waals surface area contributed by atoms with E-state index in [0.717, 1.165) is 36.8 Å². The van der Waals surface area contributed by atoms with Crippen LogP contribution in [0.3, 0.4) is 0 Å². The lowest BCUT2D eigenvalue weighted by Crippen LogP contribution is -1.97. The molecule has 0 aliphatic carbocycles. The first-order chi connectivity index (χ1) is 10.2. The van der Waals surface area contributed by atoms with Crippen LogP contribution in [0.25, 0.3) is 0 Å². The number of rotatable bonds is 7. The van der Waals surface area contributed by atoms with Gasteiger partial charge in [0, 0.05) is 12.1 Å². The van der Waals surface area contributed by atoms with Crippen molar-refractivity contribution in [2.45, 2.75) is 31.8 Å². The predicted octanol–water partition coefficient (Wildman–Crippen LogP) is 4.04. The number of hydrogen-bond acceptors (Lipinski definition) is 3. The Morgan fingerprint density at radius 1 is 1.00 bits per heavy atom. The minimum atomic E-state index is -0.414. The lowest BCUT2D eigenvalue weighted by Gasteiger charge is -2.10. The molecule has 4 heteroatoms. The molecule has 0 spiro atoms. The molecule has 2 aromatic rings. The van der Waals surface area contributed by atoms with Crippen molar-refractivity contribution in [2.75, 3.05) is 0 Å². The molecule has 0 aliphatic rings. The van der Waals surface area contributed by atoms with Gasteiger partial charge in [0.25, 0.3) is 5.69 Å². The van der Waals surface area contributed by atoms with Crippen molar-refractivity contribution in [3.8, 4) is 0 Å². The molecule has 0 radical (unpaired) electrons. The fraction of sp³-hybridized carbons (Fsp3) is 0.294. The fourth-order valence-corrected chi connectivity index (χ4v) is 2.29. The van der Waals surface area contributed by atoms with Gasteiger partial charge < -0.3 is 5.11 Å². The van der Waals surface area contributed by atoms with E-state index in [1.165, 1.54) is 12.1 Å². The number of aliphatic hydroxyl groups excluding tert-OH is 1. The SMILES string of the molecule is O=[N+]([O-])c1ccc(CCCC[C@H](O)c2ccccc2)cc1. The minimum Gasteiger partial charge on any atom is -0.388 e. The van der Waals surface area contributed by atoms with Gasteiger partial charge in [-0.1, -0.05) is 48.9 Å². The summed E-state index contributed by atoms with van der Waals surface area (Å²) in [7, 11) is 0. The molecular weight excluding hydrogens is 266 g/mol. The van der Waals surface area contributed by atoms with Gasteiger partial charge in [-0.3, -0.25) is 10.1 Å². The van der Waals surface area contributed by atoms with Crippen molar-refractivity contribution in [1.82, 2.24) is 0 Å². The summed E-state index contributed by atoms with van der Waals surface area (Å²) in [6.07, 6.45) is 3.08. The molecule has 0 unspecified atom stereocenters. The minimum absolute atomic E-state index is 0.123. The van der Waals surface area contributed by atoms with E-state index in [9.17, 15) is 15.2 Å². The molecule has 0 heterocycles. The van der Waals surface area contributed by atoms with Crippen LogP contribution in [0.2, 0.25) is 0 Å². The number of benzene rings is 2. The van der Waals surface area contributed by atoms with Crippen LogP contribution in [0.5, 0.6) is 0 Å². The molecule has 0 aromatic heterocycles. The van der Waals surface area contributed by atoms with Gasteiger partial charge in [0.1, 0.15) is 0 Å². The van der Waals surface area contributed by atoms with E-state index in [1.54, 1.807) is 12.1 Å². The van der Waals surface area contributed by atoms with Gasteiger partial charge in [0.2, 0.25) is 0 Å². The topological polar surface area (TPSA) is 63.4 Å². The van der Waals surface area contributed by atoms with Crippen LogP contribution in [0, 0.1) is 10.1 Å². The van der Waals surface area contributed by atoms with E-state index >= 15 is 0 Å². The average Bonchev–Trinajstić information content (AvgIpc) is 2.52. The number of aryl methyl sites for hydroxylation is 1. The summed E-state index contributed by atoms with van der Waals surface area (Å²) in [5.74, 6) is 0. The van der Waals surface area contributed by atoms with Gasteiger partial charge in [-0.25, -0.2) is 0 Å². The van der Waals surface area contributed by atoms with Gasteiger partial charge in [0.15, 0.2) is 0 Å². The Balaban J connectivity index is 1.73. The quantitative estimate of drug-likeness (QED) is 0.474. The van der Waals surface area contributed by atoms with Crippen LogP contribution < -0.4 is 0 Å². The van der Waals surface area contributed by atoms with Gasteiger partial charge in [-0.15, -0.1) is 0 Å². The van der Waals surface area contributed by atoms with Crippen molar-refractivity contribution in [3.63, 3.8) is 0 Å². The Kier molecular flexibility index (Phi) is 5.46. The fourth-order valence-electron chi connectivity index (χ4n) is 2.29. The normalized spacial score (nSPS) is 12.0. The summed E-state index contributed by atoms with van der Waals surface area (Å²) in [4.78, 5) is 10.2. The average molecular weight is 285 g/mol. The van der Waals surface area contributed by atoms with Crippen molar-refractivity contribution >= 4 is 5.69 Å². The smallest absolute Gasteiger partial charge is 0.269 e. The highest BCUT2D eigenvalue weighted by Crippen LogP contribution is 2.20. The first-order valence-electron chi connectivity index (χ1n) is 7.13. The third-order valence-electron chi connectivity index (χ3n) is 3.52. The summed E-state index contributed by atoms with van der Waals surface area (Å²) in [5.41, 5.74) is 2.17. The van der Waals surface area contributed by atoms with Crippen molar-refractivity contribution in [2.24, 2.45) is 0 Å². The first kappa shape index (κ1) is 15.2. The van der Waals surface area contributed by atoms with Gasteiger partial charge in [-0.05, 0) is 30.4 Å². The van der Waals surface area contributed by atoms with Crippen LogP contribution in [-0.2, 0) is 6.42 Å². The standard InChI is InChI=1S/C17H19NO3/c19-17(15-7-2-1-3-8-15)9-5-4-6-14-10-12-16(13-11-14)18(20)21/h1-3,7-8,10-13,17,19H,4-6,9H2/t17-/m0/s1. The van der Waals surface area contributed by atoms with E-state index in [1.807, 2.05) is 30.3 Å². The summed E-state index contributed by atoms with van der Waals surface area (Å²) in [5, 5.41) is 20.6. The number of aliphatic hydroxyl groups is 1. The second kappa shape index (κ2) is 7.55. The summed E-state index contributed by atoms with van der Waals surface area (Å²) < 4.78 is 0. The van der Waals surface area contributed by atoms with Gasteiger partial charge in [0.05, 0.1) is 11.0 Å². The number of nitro groups is 1. The van der Waals surface area contributed by atoms with E-state index in [-0.39, 0.29) is 10.6 Å². The van der Waals surface area contributed by atoms with Crippen LogP contribution >= 0.6 is 0 Å². The molecule has 0 saturated carbocycles. The number of nitro benzene ring substituents is 1. The molecule has 1 N–H and O–H groups in total. The lowest BCUT2D eigenvalue weighted by molar-refractivity contribution is -0.384. The maximum atomic E-state index is 10.6. The maximum Gasteiger partial charge on any atom is 0.269 e. The molecule has 0 aliphatic heterocycles. The molecule has 0 saturated heterocycles. The third kappa shape index (κ3) is 4.68. The second-order valence-electron chi connectivity index (χ2n) is 5.10. The monoisotopic (exact) mass is 285 g/mol. The highest BCUT2D eigenvalue weighted by atomic mass is 16.6. The Morgan fingerprint density at radius 3 is 2.29 bits per heavy atom. The molecule has 0 amide bonds. The highest BCUT2D eigenvalue weighted by molar-refractivity contribution is 5.32. The Morgan fingerprint density at radius 2 is 1.67 bits per heavy atom. The molecule has 1 atom stereocenters. The molecule has 4 nitrogen and oxygen atoms in total. The second-order valence-corrected chi connectivity index (χ2v) is 5.10. The lowest BCUT2D eigenvalue weighted by atomic mass is 10.0. The number of nitrogens with zero attached hydrogens (tertiary/aromatic N) is 1. The predicted molar refractivity (Wildman–Crippen MR) is 82.1 cm³/mol. The Hall–Kier alpha value is -2.20. The summed E-state index contributed by atoms with van der Waals surface area (Å²) in [6, 6.07) is 16.3. The van der Waals surface area contributed by atoms with E-state index in [4.69, 9.17) is 0 Å². The van der Waals surface area contributed by atoms with E-state index < -0.39 is 6.10 Å². The number of non-ortho nitro benzene ring substituents is 1. The van der Waals surface area contributed by atoms with Crippen LogP contribution in [0.1, 0.15) is 36.5 Å². The van der Waals surface area contributed by atoms with E-state index in [2.05, 4.69) is 0 Å². The third-order valence-corrected chi connectivity index (χ3v) is 3.52. The Bertz CT molecular complexity index is 566. The highest BCUT2D eigenvalue weighted by Gasteiger charge is 2.07. The molecule has 2 rings (SSSR count). The zero-order valence-electron chi connectivity index (χ0n) is 11.8. The molecule has 21 heavy (non-hydrogen) atoms. The Labute approximate surface area is 124 Å². The summed E-state index contributed by atoms with van der Waals surface area (Å²) >= 11 is 0. The number of hydrogen-bond donors (Lipinski definition) is 1. The molecule has 0 fully saturated rings. The first-order valence-corrected chi connectivity index (χ1v) is 7.13. The summed E-state index contributed by atoms with van der Waals surface area (Å²) in [6.45, 7) is 0. The van der Waals surface area contributed by atoms with Crippen LogP contribution in [0.4, 0.5) is 5.69 Å². The largest absolute Gasteiger partial charge is 0.388 e. The molecular formula is C17H19NO3. The van der Waals surface area contributed by atoms with Gasteiger partial charge in [-0.2, -0.15) is 0 Å². The van der Waals surface area contributed by atoms with E-state index in [0.29, 0.717) is 0 Å². The maximum absolute atomic E-state index is 10.6. The van der Waals surface area contributed by atoms with Crippen molar-refractivity contribution in [3.05, 3.63) is 75.8 Å². The zero-order valence-corrected chi connectivity index (χ0v) is 11.8. The van der Waals surface area contributed by atoms with Gasteiger partial charge >= 0.3 is 0 Å². The molecule has 110 valence electrons. The van der Waals surface area contributed by atoms with Crippen LogP contribution in [-0.4, -0.2) is 10.0 Å². The molecule has 0 bridgehead atoms. The van der Waals surface area contributed by atoms with Crippen molar-refractivity contribution in [1.29, 1.82) is 0 Å². The van der Waals surface area contributed by atoms with Crippen molar-refractivity contribution < 1.29 is 10.0 Å².